The lowest BCUT2D eigenvalue weighted by atomic mass is 10.1. The maximum Gasteiger partial charge on any atom is 0.239 e. The Morgan fingerprint density at radius 1 is 1.53 bits per heavy atom. The van der Waals surface area contributed by atoms with E-state index in [2.05, 4.69) is 16.7 Å². The van der Waals surface area contributed by atoms with Crippen molar-refractivity contribution in [2.75, 3.05) is 18.9 Å². The summed E-state index contributed by atoms with van der Waals surface area (Å²) in [6, 6.07) is 7.52. The summed E-state index contributed by atoms with van der Waals surface area (Å²) in [5, 5.41) is 14.3. The van der Waals surface area contributed by atoms with Gasteiger partial charge in [-0.1, -0.05) is 6.07 Å². The second-order valence-electron chi connectivity index (χ2n) is 3.19. The summed E-state index contributed by atoms with van der Waals surface area (Å²) in [6.45, 7) is 2.11. The second kappa shape index (κ2) is 5.01. The molecule has 0 saturated heterocycles. The third kappa shape index (κ3) is 2.99. The van der Waals surface area contributed by atoms with Crippen LogP contribution in [-0.2, 0) is 4.79 Å². The number of aryl methyl sites for hydroxylation is 1. The van der Waals surface area contributed by atoms with E-state index < -0.39 is 0 Å². The molecule has 0 unspecified atom stereocenters. The molecule has 4 heteroatoms. The number of benzene rings is 1. The second-order valence-corrected chi connectivity index (χ2v) is 3.19. The van der Waals surface area contributed by atoms with E-state index in [1.54, 1.807) is 13.1 Å². The van der Waals surface area contributed by atoms with E-state index in [9.17, 15) is 4.79 Å². The highest BCUT2D eigenvalue weighted by molar-refractivity contribution is 5.81. The number of hydrogen-bond acceptors (Lipinski definition) is 3. The zero-order chi connectivity index (χ0) is 11.3. The van der Waals surface area contributed by atoms with Gasteiger partial charge in [0.2, 0.25) is 5.91 Å². The summed E-state index contributed by atoms with van der Waals surface area (Å²) in [5.41, 5.74) is 2.29. The molecule has 0 aromatic heterocycles. The van der Waals surface area contributed by atoms with Crippen LogP contribution >= 0.6 is 0 Å². The Kier molecular flexibility index (Phi) is 3.69. The largest absolute Gasteiger partial charge is 0.375 e. The molecule has 15 heavy (non-hydrogen) atoms. The van der Waals surface area contributed by atoms with Gasteiger partial charge in [-0.15, -0.1) is 0 Å². The van der Waals surface area contributed by atoms with Crippen LogP contribution < -0.4 is 10.6 Å². The van der Waals surface area contributed by atoms with Gasteiger partial charge in [0, 0.05) is 7.05 Å². The summed E-state index contributed by atoms with van der Waals surface area (Å²) >= 11 is 0. The fourth-order valence-corrected chi connectivity index (χ4v) is 1.17. The molecule has 78 valence electrons. The molecule has 1 amide bonds. The molecule has 0 fully saturated rings. The maximum absolute atomic E-state index is 11.0. The molecule has 0 bridgehead atoms. The number of hydrogen-bond donors (Lipinski definition) is 2. The Morgan fingerprint density at radius 3 is 2.87 bits per heavy atom. The zero-order valence-corrected chi connectivity index (χ0v) is 8.79. The van der Waals surface area contributed by atoms with E-state index in [-0.39, 0.29) is 12.5 Å². The van der Waals surface area contributed by atoms with E-state index in [1.165, 1.54) is 0 Å². The van der Waals surface area contributed by atoms with Crippen molar-refractivity contribution in [1.82, 2.24) is 5.32 Å². The molecule has 2 N–H and O–H groups in total. The number of anilines is 1. The lowest BCUT2D eigenvalue weighted by Gasteiger charge is -2.07. The van der Waals surface area contributed by atoms with Gasteiger partial charge >= 0.3 is 0 Å². The average molecular weight is 203 g/mol. The molecule has 0 aliphatic rings. The normalized spacial score (nSPS) is 9.13. The third-order valence-electron chi connectivity index (χ3n) is 2.01. The van der Waals surface area contributed by atoms with E-state index in [0.717, 1.165) is 5.56 Å². The van der Waals surface area contributed by atoms with Gasteiger partial charge in [0.05, 0.1) is 17.8 Å². The number of likely N-dealkylation sites (N-methyl/N-ethyl adjacent to an activating group) is 1. The standard InChI is InChI=1S/C11H13N3O/c1-8-3-4-9(6-12)10(5-8)14-7-11(15)13-2/h3-5,14H,7H2,1-2H3,(H,13,15). The van der Waals surface area contributed by atoms with Crippen LogP contribution in [0.5, 0.6) is 0 Å². The number of nitriles is 1. The maximum atomic E-state index is 11.0. The van der Waals surface area contributed by atoms with Gasteiger partial charge in [0.25, 0.3) is 0 Å². The van der Waals surface area contributed by atoms with Crippen LogP contribution in [0.3, 0.4) is 0 Å². The molecular formula is C11H13N3O. The van der Waals surface area contributed by atoms with Gasteiger partial charge < -0.3 is 10.6 Å². The van der Waals surface area contributed by atoms with Gasteiger partial charge in [-0.05, 0) is 24.6 Å². The molecule has 1 aromatic carbocycles. The van der Waals surface area contributed by atoms with Crippen LogP contribution in [0.1, 0.15) is 11.1 Å². The first-order chi connectivity index (χ1) is 7.17. The molecule has 0 heterocycles. The Morgan fingerprint density at radius 2 is 2.27 bits per heavy atom. The summed E-state index contributed by atoms with van der Waals surface area (Å²) in [6.07, 6.45) is 0. The quantitative estimate of drug-likeness (QED) is 0.771. The molecule has 0 atom stereocenters. The molecule has 0 radical (unpaired) electrons. The highest BCUT2D eigenvalue weighted by atomic mass is 16.1. The summed E-state index contributed by atoms with van der Waals surface area (Å²) in [5.74, 6) is -0.111. The highest BCUT2D eigenvalue weighted by Crippen LogP contribution is 2.15. The van der Waals surface area contributed by atoms with Crippen molar-refractivity contribution >= 4 is 11.6 Å². The monoisotopic (exact) mass is 203 g/mol. The van der Waals surface area contributed by atoms with Crippen molar-refractivity contribution in [2.24, 2.45) is 0 Å². The predicted octanol–water partition coefficient (Wildman–Crippen LogP) is 1.02. The van der Waals surface area contributed by atoms with Gasteiger partial charge in [-0.25, -0.2) is 0 Å². The molecule has 4 nitrogen and oxygen atoms in total. The molecule has 1 aromatic rings. The lowest BCUT2D eigenvalue weighted by molar-refractivity contribution is -0.118. The fraction of sp³-hybridized carbons (Fsp3) is 0.273. The van der Waals surface area contributed by atoms with Crippen LogP contribution in [0.2, 0.25) is 0 Å². The number of carbonyl (C=O) groups is 1. The van der Waals surface area contributed by atoms with E-state index in [1.807, 2.05) is 19.1 Å². The van der Waals surface area contributed by atoms with E-state index in [4.69, 9.17) is 5.26 Å². The van der Waals surface area contributed by atoms with E-state index in [0.29, 0.717) is 11.3 Å². The van der Waals surface area contributed by atoms with Crippen LogP contribution in [0.4, 0.5) is 5.69 Å². The summed E-state index contributed by atoms with van der Waals surface area (Å²) in [4.78, 5) is 11.0. The topological polar surface area (TPSA) is 64.9 Å². The molecule has 0 aliphatic carbocycles. The van der Waals surface area contributed by atoms with Crippen molar-refractivity contribution in [3.63, 3.8) is 0 Å². The third-order valence-corrected chi connectivity index (χ3v) is 2.01. The fourth-order valence-electron chi connectivity index (χ4n) is 1.17. The first-order valence-electron chi connectivity index (χ1n) is 4.62. The van der Waals surface area contributed by atoms with Crippen molar-refractivity contribution in [2.45, 2.75) is 6.92 Å². The molecule has 1 rings (SSSR count). The minimum Gasteiger partial charge on any atom is -0.375 e. The van der Waals surface area contributed by atoms with Gasteiger partial charge in [0.1, 0.15) is 6.07 Å². The van der Waals surface area contributed by atoms with Gasteiger partial charge in [-0.3, -0.25) is 4.79 Å². The SMILES string of the molecule is CNC(=O)CNc1cc(C)ccc1C#N. The number of amides is 1. The smallest absolute Gasteiger partial charge is 0.239 e. The predicted molar refractivity (Wildman–Crippen MR) is 58.5 cm³/mol. The first-order valence-corrected chi connectivity index (χ1v) is 4.62. The Labute approximate surface area is 88.9 Å². The first kappa shape index (κ1) is 11.1. The van der Waals surface area contributed by atoms with E-state index >= 15 is 0 Å². The van der Waals surface area contributed by atoms with Gasteiger partial charge in [-0.2, -0.15) is 5.26 Å². The lowest BCUT2D eigenvalue weighted by Crippen LogP contribution is -2.26. The van der Waals surface area contributed by atoms with Gasteiger partial charge in [0.15, 0.2) is 0 Å². The Balaban J connectivity index is 2.80. The number of nitrogens with one attached hydrogen (secondary N) is 2. The number of rotatable bonds is 3. The van der Waals surface area contributed by atoms with Crippen LogP contribution in [0.25, 0.3) is 0 Å². The Bertz CT molecular complexity index is 407. The average Bonchev–Trinajstić information content (AvgIpc) is 2.26. The van der Waals surface area contributed by atoms with Crippen LogP contribution in [-0.4, -0.2) is 19.5 Å². The minimum absolute atomic E-state index is 0.111. The molecule has 0 spiro atoms. The minimum atomic E-state index is -0.111. The van der Waals surface area contributed by atoms with Crippen LogP contribution in [0, 0.1) is 18.3 Å². The zero-order valence-electron chi connectivity index (χ0n) is 8.79. The van der Waals surface area contributed by atoms with Crippen molar-refractivity contribution in [3.05, 3.63) is 29.3 Å². The number of carbonyl (C=O) groups excluding carboxylic acids is 1. The summed E-state index contributed by atoms with van der Waals surface area (Å²) < 4.78 is 0. The van der Waals surface area contributed by atoms with Crippen molar-refractivity contribution in [3.8, 4) is 6.07 Å². The summed E-state index contributed by atoms with van der Waals surface area (Å²) in [7, 11) is 1.57. The molecule has 0 saturated carbocycles. The molecule has 0 aliphatic heterocycles. The highest BCUT2D eigenvalue weighted by Gasteiger charge is 2.03. The van der Waals surface area contributed by atoms with Crippen molar-refractivity contribution in [1.29, 1.82) is 5.26 Å². The Hall–Kier alpha value is -2.02. The van der Waals surface area contributed by atoms with Crippen LogP contribution in [0.15, 0.2) is 18.2 Å². The molecular weight excluding hydrogens is 190 g/mol. The van der Waals surface area contributed by atoms with Crippen molar-refractivity contribution < 1.29 is 4.79 Å². The number of nitrogens with zero attached hydrogens (tertiary/aromatic N) is 1.